The Bertz CT molecular complexity index is 1310. The van der Waals surface area contributed by atoms with Crippen LogP contribution >= 0.6 is 0 Å². The summed E-state index contributed by atoms with van der Waals surface area (Å²) in [6.45, 7) is 3.22. The number of methoxy groups -OCH3 is 1. The predicted molar refractivity (Wildman–Crippen MR) is 131 cm³/mol. The van der Waals surface area contributed by atoms with Crippen LogP contribution in [0.1, 0.15) is 35.5 Å². The van der Waals surface area contributed by atoms with Gasteiger partial charge in [-0.1, -0.05) is 37.3 Å². The molecule has 2 amide bonds. The molecule has 1 aliphatic rings. The summed E-state index contributed by atoms with van der Waals surface area (Å²) < 4.78 is 23.0. The van der Waals surface area contributed by atoms with E-state index in [1.807, 2.05) is 53.3 Å². The molecule has 180 valence electrons. The number of hydrogen-bond acceptors (Lipinski definition) is 3. The summed E-state index contributed by atoms with van der Waals surface area (Å²) in [6, 6.07) is 19.7. The van der Waals surface area contributed by atoms with E-state index in [9.17, 15) is 9.18 Å². The van der Waals surface area contributed by atoms with Crippen LogP contribution in [0, 0.1) is 5.82 Å². The van der Waals surface area contributed by atoms with Gasteiger partial charge in [0, 0.05) is 25.4 Å². The highest BCUT2D eigenvalue weighted by atomic mass is 19.1. The molecule has 0 unspecified atom stereocenters. The maximum Gasteiger partial charge on any atom is 0.318 e. The first-order valence-corrected chi connectivity index (χ1v) is 11.7. The third-order valence-electron chi connectivity index (χ3n) is 6.33. The second-order valence-corrected chi connectivity index (χ2v) is 8.46. The molecule has 1 aliphatic heterocycles. The van der Waals surface area contributed by atoms with E-state index in [4.69, 9.17) is 9.84 Å². The highest BCUT2D eigenvalue weighted by Gasteiger charge is 2.36. The Hall–Kier alpha value is -3.91. The molecule has 1 atom stereocenters. The van der Waals surface area contributed by atoms with Gasteiger partial charge in [-0.3, -0.25) is 0 Å². The molecule has 35 heavy (non-hydrogen) atoms. The molecule has 0 radical (unpaired) electrons. The Kier molecular flexibility index (Phi) is 6.37. The Balaban J connectivity index is 1.71. The highest BCUT2D eigenvalue weighted by Crippen LogP contribution is 2.38. The number of benzene rings is 2. The first-order chi connectivity index (χ1) is 17.1. The zero-order chi connectivity index (χ0) is 24.4. The number of nitrogens with zero attached hydrogens (tertiary/aromatic N) is 4. The fourth-order valence-corrected chi connectivity index (χ4v) is 4.71. The summed E-state index contributed by atoms with van der Waals surface area (Å²) in [5.41, 5.74) is 4.59. The topological polar surface area (TPSA) is 64.3 Å². The summed E-state index contributed by atoms with van der Waals surface area (Å²) in [5.74, 6) is 0.595. The molecule has 3 heterocycles. The second-order valence-electron chi connectivity index (χ2n) is 8.46. The third-order valence-corrected chi connectivity index (χ3v) is 6.33. The number of aromatic nitrogens is 3. The Morgan fingerprint density at radius 1 is 1.11 bits per heavy atom. The van der Waals surface area contributed by atoms with Crippen LogP contribution in [0.25, 0.3) is 11.5 Å². The van der Waals surface area contributed by atoms with Crippen LogP contribution in [0.15, 0.2) is 72.9 Å². The number of urea groups is 1. The van der Waals surface area contributed by atoms with E-state index >= 15 is 0 Å². The number of amides is 2. The van der Waals surface area contributed by atoms with Gasteiger partial charge in [-0.2, -0.15) is 5.10 Å². The Morgan fingerprint density at radius 3 is 2.60 bits per heavy atom. The van der Waals surface area contributed by atoms with E-state index in [1.54, 1.807) is 24.1 Å². The smallest absolute Gasteiger partial charge is 0.318 e. The largest absolute Gasteiger partial charge is 0.383 e. The lowest BCUT2D eigenvalue weighted by Crippen LogP contribution is -2.43. The number of para-hydroxylation sites is 1. The van der Waals surface area contributed by atoms with Crippen molar-refractivity contribution < 1.29 is 13.9 Å². The summed E-state index contributed by atoms with van der Waals surface area (Å²) in [7, 11) is 1.60. The fraction of sp³-hybridized carbons (Fsp3) is 0.259. The van der Waals surface area contributed by atoms with Gasteiger partial charge >= 0.3 is 6.03 Å². The van der Waals surface area contributed by atoms with Crippen molar-refractivity contribution in [2.24, 2.45) is 0 Å². The molecule has 0 saturated carbocycles. The number of aryl methyl sites for hydroxylation is 1. The number of nitrogens with one attached hydrogen (secondary N) is 1. The van der Waals surface area contributed by atoms with Crippen LogP contribution in [0.4, 0.5) is 9.18 Å². The number of carbonyl (C=O) groups excluding carboxylic acids is 1. The van der Waals surface area contributed by atoms with Gasteiger partial charge < -0.3 is 19.5 Å². The maximum atomic E-state index is 13.8. The van der Waals surface area contributed by atoms with Crippen molar-refractivity contribution in [2.45, 2.75) is 25.9 Å². The van der Waals surface area contributed by atoms with Crippen molar-refractivity contribution in [3.63, 3.8) is 0 Å². The lowest BCUT2D eigenvalue weighted by Gasteiger charge is -2.31. The van der Waals surface area contributed by atoms with E-state index in [-0.39, 0.29) is 11.8 Å². The molecule has 4 aromatic rings. The third kappa shape index (κ3) is 4.21. The molecule has 0 bridgehead atoms. The van der Waals surface area contributed by atoms with E-state index in [2.05, 4.69) is 16.8 Å². The van der Waals surface area contributed by atoms with Gasteiger partial charge in [0.1, 0.15) is 11.6 Å². The molecular formula is C27H28FN5O2. The lowest BCUT2D eigenvalue weighted by atomic mass is 10.0. The monoisotopic (exact) mass is 473 g/mol. The molecule has 2 aromatic heterocycles. The second kappa shape index (κ2) is 9.76. The standard InChI is InChI=1S/C27H28FN5O2/c1-3-23-22-18-32(27(34)29-15-17-35-2)25(19-11-13-20(28)14-12-19)24-10-7-16-31(24)26(22)33(30-23)21-8-5-4-6-9-21/h4-14,16,25H,3,15,17-18H2,1-2H3,(H,29,34)/t25-/m1/s1. The molecule has 0 saturated heterocycles. The van der Waals surface area contributed by atoms with Gasteiger partial charge in [0.05, 0.1) is 36.3 Å². The minimum absolute atomic E-state index is 0.216. The summed E-state index contributed by atoms with van der Waals surface area (Å²) in [4.78, 5) is 15.3. The normalized spacial score (nSPS) is 14.8. The van der Waals surface area contributed by atoms with Crippen LogP contribution in [0.2, 0.25) is 0 Å². The van der Waals surface area contributed by atoms with Crippen LogP contribution < -0.4 is 5.32 Å². The number of rotatable bonds is 6. The molecular weight excluding hydrogens is 445 g/mol. The van der Waals surface area contributed by atoms with Crippen molar-refractivity contribution in [3.05, 3.63) is 101 Å². The highest BCUT2D eigenvalue weighted by molar-refractivity contribution is 5.76. The van der Waals surface area contributed by atoms with Crippen molar-refractivity contribution in [3.8, 4) is 11.5 Å². The van der Waals surface area contributed by atoms with Crippen molar-refractivity contribution in [2.75, 3.05) is 20.3 Å². The summed E-state index contributed by atoms with van der Waals surface area (Å²) in [6.07, 6.45) is 2.72. The number of hydrogen-bond donors (Lipinski definition) is 1. The van der Waals surface area contributed by atoms with Gasteiger partial charge in [-0.05, 0) is 48.4 Å². The molecule has 5 rings (SSSR count). The quantitative estimate of drug-likeness (QED) is 0.416. The first-order valence-electron chi connectivity index (χ1n) is 11.7. The molecule has 2 aromatic carbocycles. The number of ether oxygens (including phenoxy) is 1. The van der Waals surface area contributed by atoms with E-state index < -0.39 is 6.04 Å². The van der Waals surface area contributed by atoms with Gasteiger partial charge in [0.2, 0.25) is 0 Å². The van der Waals surface area contributed by atoms with Crippen molar-refractivity contribution in [1.29, 1.82) is 0 Å². The summed E-state index contributed by atoms with van der Waals surface area (Å²) in [5, 5.41) is 7.92. The SMILES string of the molecule is CCc1nn(-c2ccccc2)c2c1CN(C(=O)NCCOC)[C@H](c1ccc(F)cc1)c1cccn1-2. The van der Waals surface area contributed by atoms with Crippen LogP contribution in [-0.4, -0.2) is 45.5 Å². The van der Waals surface area contributed by atoms with Gasteiger partial charge in [0.25, 0.3) is 0 Å². The lowest BCUT2D eigenvalue weighted by molar-refractivity contribution is 0.168. The Labute approximate surface area is 203 Å². The van der Waals surface area contributed by atoms with Gasteiger partial charge in [-0.15, -0.1) is 0 Å². The first kappa shape index (κ1) is 22.9. The maximum absolute atomic E-state index is 13.8. The van der Waals surface area contributed by atoms with E-state index in [0.717, 1.165) is 40.4 Å². The summed E-state index contributed by atoms with van der Waals surface area (Å²) >= 11 is 0. The van der Waals surface area contributed by atoms with E-state index in [1.165, 1.54) is 12.1 Å². The molecule has 0 aliphatic carbocycles. The number of carbonyl (C=O) groups is 1. The predicted octanol–water partition coefficient (Wildman–Crippen LogP) is 4.63. The van der Waals surface area contributed by atoms with Crippen LogP contribution in [-0.2, 0) is 17.7 Å². The molecule has 1 N–H and O–H groups in total. The van der Waals surface area contributed by atoms with Gasteiger partial charge in [0.15, 0.2) is 0 Å². The molecule has 8 heteroatoms. The van der Waals surface area contributed by atoms with Crippen molar-refractivity contribution in [1.82, 2.24) is 24.6 Å². The van der Waals surface area contributed by atoms with Crippen molar-refractivity contribution >= 4 is 6.03 Å². The molecule has 0 fully saturated rings. The Morgan fingerprint density at radius 2 is 1.89 bits per heavy atom. The number of fused-ring (bicyclic) bond motifs is 3. The zero-order valence-electron chi connectivity index (χ0n) is 19.8. The van der Waals surface area contributed by atoms with Crippen LogP contribution in [0.3, 0.4) is 0 Å². The molecule has 7 nitrogen and oxygen atoms in total. The van der Waals surface area contributed by atoms with Crippen LogP contribution in [0.5, 0.6) is 0 Å². The fourth-order valence-electron chi connectivity index (χ4n) is 4.71. The van der Waals surface area contributed by atoms with E-state index in [0.29, 0.717) is 19.7 Å². The average Bonchev–Trinajstić information content (AvgIpc) is 3.46. The molecule has 0 spiro atoms. The minimum atomic E-state index is -0.422. The average molecular weight is 474 g/mol. The minimum Gasteiger partial charge on any atom is -0.383 e. The number of halogens is 1. The zero-order valence-corrected chi connectivity index (χ0v) is 19.8. The van der Waals surface area contributed by atoms with Gasteiger partial charge in [-0.25, -0.2) is 13.9 Å².